The highest BCUT2D eigenvalue weighted by molar-refractivity contribution is 6.08. The molecular formula is C61H41N3. The van der Waals surface area contributed by atoms with E-state index in [2.05, 4.69) is 212 Å². The van der Waals surface area contributed by atoms with Gasteiger partial charge in [-0.2, -0.15) is 0 Å². The summed E-state index contributed by atoms with van der Waals surface area (Å²) in [6, 6.07) is 72.3. The number of fused-ring (bicyclic) bond motifs is 9. The molecule has 0 saturated heterocycles. The van der Waals surface area contributed by atoms with Crippen molar-refractivity contribution >= 4 is 32.7 Å². The molecule has 0 aliphatic heterocycles. The lowest BCUT2D eigenvalue weighted by Gasteiger charge is -2.26. The predicted molar refractivity (Wildman–Crippen MR) is 265 cm³/mol. The van der Waals surface area contributed by atoms with Crippen molar-refractivity contribution in [2.45, 2.75) is 24.7 Å². The first-order valence-corrected chi connectivity index (χ1v) is 22.4. The highest BCUT2D eigenvalue weighted by Crippen LogP contribution is 2.65. The zero-order valence-corrected chi connectivity index (χ0v) is 35.1. The maximum absolute atomic E-state index is 5.23. The van der Waals surface area contributed by atoms with E-state index >= 15 is 0 Å². The van der Waals surface area contributed by atoms with Crippen molar-refractivity contribution in [3.05, 3.63) is 235 Å². The molecule has 3 aliphatic carbocycles. The van der Waals surface area contributed by atoms with Crippen LogP contribution >= 0.6 is 0 Å². The zero-order chi connectivity index (χ0) is 42.1. The van der Waals surface area contributed by atoms with Crippen LogP contribution in [0.5, 0.6) is 0 Å². The third-order valence-corrected chi connectivity index (χ3v) is 13.7. The predicted octanol–water partition coefficient (Wildman–Crippen LogP) is 15.6. The second-order valence-corrected chi connectivity index (χ2v) is 17.4. The molecule has 2 unspecified atom stereocenters. The molecule has 64 heavy (non-hydrogen) atoms. The van der Waals surface area contributed by atoms with Crippen molar-refractivity contribution in [3.63, 3.8) is 0 Å². The number of hydrogen-bond acceptors (Lipinski definition) is 3. The van der Waals surface area contributed by atoms with E-state index in [1.165, 1.54) is 83.6 Å². The van der Waals surface area contributed by atoms with Gasteiger partial charge in [-0.15, -0.1) is 0 Å². The van der Waals surface area contributed by atoms with Gasteiger partial charge in [0.25, 0.3) is 0 Å². The summed E-state index contributed by atoms with van der Waals surface area (Å²) in [5, 5.41) is 5.25. The van der Waals surface area contributed by atoms with E-state index in [1.54, 1.807) is 0 Å². The first-order valence-electron chi connectivity index (χ1n) is 22.4. The second kappa shape index (κ2) is 14.8. The summed E-state index contributed by atoms with van der Waals surface area (Å²) in [5.74, 6) is 3.13. The zero-order valence-electron chi connectivity index (χ0n) is 35.1. The maximum Gasteiger partial charge on any atom is 0.164 e. The number of benzene rings is 9. The molecule has 1 fully saturated rings. The highest BCUT2D eigenvalue weighted by Gasteiger charge is 2.47. The van der Waals surface area contributed by atoms with Crippen molar-refractivity contribution in [1.29, 1.82) is 0 Å². The molecule has 300 valence electrons. The van der Waals surface area contributed by atoms with Gasteiger partial charge in [-0.05, 0) is 113 Å². The minimum Gasteiger partial charge on any atom is -0.209 e. The molecule has 2 atom stereocenters. The van der Waals surface area contributed by atoms with Gasteiger partial charge in [0.1, 0.15) is 0 Å². The largest absolute Gasteiger partial charge is 0.209 e. The Morgan fingerprint density at radius 2 is 0.859 bits per heavy atom. The van der Waals surface area contributed by atoms with E-state index in [1.807, 2.05) is 0 Å². The van der Waals surface area contributed by atoms with Crippen LogP contribution in [0.4, 0.5) is 0 Å². The third-order valence-electron chi connectivity index (χ3n) is 13.7. The molecule has 3 nitrogen and oxygen atoms in total. The first kappa shape index (κ1) is 36.6. The topological polar surface area (TPSA) is 38.7 Å². The van der Waals surface area contributed by atoms with Crippen molar-refractivity contribution in [3.8, 4) is 67.3 Å². The Labute approximate surface area is 372 Å². The summed E-state index contributed by atoms with van der Waals surface area (Å²) in [6.45, 7) is 0. The van der Waals surface area contributed by atoms with Crippen molar-refractivity contribution in [2.24, 2.45) is 0 Å². The van der Waals surface area contributed by atoms with Gasteiger partial charge in [-0.1, -0.05) is 206 Å². The van der Waals surface area contributed by atoms with Crippen molar-refractivity contribution < 1.29 is 0 Å². The minimum atomic E-state index is 0.543. The van der Waals surface area contributed by atoms with Crippen LogP contribution in [0, 0.1) is 0 Å². The van der Waals surface area contributed by atoms with Crippen LogP contribution in [-0.2, 0) is 0 Å². The minimum absolute atomic E-state index is 0.543. The molecule has 1 aromatic heterocycles. The Morgan fingerprint density at radius 1 is 0.344 bits per heavy atom. The van der Waals surface area contributed by atoms with Crippen molar-refractivity contribution in [1.82, 2.24) is 15.0 Å². The Kier molecular flexibility index (Phi) is 8.48. The van der Waals surface area contributed by atoms with Crippen LogP contribution in [-0.4, -0.2) is 15.0 Å². The lowest BCUT2D eigenvalue weighted by Crippen LogP contribution is -2.04. The monoisotopic (exact) mass is 815 g/mol. The van der Waals surface area contributed by atoms with Gasteiger partial charge < -0.3 is 0 Å². The quantitative estimate of drug-likeness (QED) is 0.161. The van der Waals surface area contributed by atoms with E-state index in [0.29, 0.717) is 29.3 Å². The highest BCUT2D eigenvalue weighted by atomic mass is 15.0. The average molecular weight is 816 g/mol. The molecule has 3 aliphatic rings. The number of hydrogen-bond donors (Lipinski definition) is 0. The van der Waals surface area contributed by atoms with Crippen LogP contribution in [0.3, 0.4) is 0 Å². The SMILES string of the molecule is C1=C(c2nc(-c3ccc(-c4ccccc4)cc3)nc(-c3ccc(-c4ccccc4)cc3)n2)CC(c2cc3c(c4ccccc24)C2CC2c2cccc(-c4cccc5ccccc45)c2-3)=C1. The number of nitrogens with zero attached hydrogens (tertiary/aromatic N) is 3. The third kappa shape index (κ3) is 6.15. The molecule has 1 saturated carbocycles. The first-order chi connectivity index (χ1) is 31.7. The molecule has 10 aromatic rings. The molecule has 1 heterocycles. The van der Waals surface area contributed by atoms with E-state index in [4.69, 9.17) is 15.0 Å². The van der Waals surface area contributed by atoms with Gasteiger partial charge in [-0.25, -0.2) is 15.0 Å². The van der Waals surface area contributed by atoms with E-state index < -0.39 is 0 Å². The maximum atomic E-state index is 5.23. The summed E-state index contributed by atoms with van der Waals surface area (Å²) < 4.78 is 0. The van der Waals surface area contributed by atoms with Gasteiger partial charge in [0.2, 0.25) is 0 Å². The molecule has 13 rings (SSSR count). The molecule has 0 radical (unpaired) electrons. The fourth-order valence-corrected chi connectivity index (χ4v) is 10.5. The molecule has 3 heteroatoms. The number of rotatable bonds is 7. The molecular weight excluding hydrogens is 775 g/mol. The summed E-state index contributed by atoms with van der Waals surface area (Å²) in [6.07, 6.45) is 6.45. The van der Waals surface area contributed by atoms with Gasteiger partial charge in [-0.3, -0.25) is 0 Å². The number of aromatic nitrogens is 3. The molecule has 0 spiro atoms. The van der Waals surface area contributed by atoms with Gasteiger partial charge in [0, 0.05) is 23.1 Å². The smallest absolute Gasteiger partial charge is 0.164 e. The second-order valence-electron chi connectivity index (χ2n) is 17.4. The summed E-state index contributed by atoms with van der Waals surface area (Å²) >= 11 is 0. The average Bonchev–Trinajstić information content (AvgIpc) is 4.03. The van der Waals surface area contributed by atoms with Crippen LogP contribution in [0.15, 0.2) is 212 Å². The Bertz CT molecular complexity index is 3420. The molecule has 0 bridgehead atoms. The van der Waals surface area contributed by atoms with Crippen LogP contribution in [0.1, 0.15) is 47.2 Å². The molecule has 0 amide bonds. The van der Waals surface area contributed by atoms with Crippen LogP contribution in [0.2, 0.25) is 0 Å². The van der Waals surface area contributed by atoms with Crippen LogP contribution < -0.4 is 0 Å². The van der Waals surface area contributed by atoms with E-state index in [-0.39, 0.29) is 0 Å². The normalized spacial score (nSPS) is 15.9. The summed E-state index contributed by atoms with van der Waals surface area (Å²) in [4.78, 5) is 15.6. The van der Waals surface area contributed by atoms with E-state index in [0.717, 1.165) is 34.2 Å². The fourth-order valence-electron chi connectivity index (χ4n) is 10.5. The molecule has 9 aromatic carbocycles. The molecule has 0 N–H and O–H groups in total. The Morgan fingerprint density at radius 3 is 1.55 bits per heavy atom. The summed E-state index contributed by atoms with van der Waals surface area (Å²) in [7, 11) is 0. The Hall–Kier alpha value is -8.01. The van der Waals surface area contributed by atoms with Crippen molar-refractivity contribution in [2.75, 3.05) is 0 Å². The van der Waals surface area contributed by atoms with Gasteiger partial charge in [0.15, 0.2) is 17.5 Å². The lowest BCUT2D eigenvalue weighted by atomic mass is 9.77. The number of allylic oxidation sites excluding steroid dienone is 4. The fraction of sp³-hybridized carbons (Fsp3) is 0.0656. The van der Waals surface area contributed by atoms with E-state index in [9.17, 15) is 0 Å². The summed E-state index contributed by atoms with van der Waals surface area (Å²) in [5.41, 5.74) is 18.6. The van der Waals surface area contributed by atoms with Crippen LogP contribution in [0.25, 0.3) is 100.0 Å². The van der Waals surface area contributed by atoms with Gasteiger partial charge >= 0.3 is 0 Å². The van der Waals surface area contributed by atoms with Gasteiger partial charge in [0.05, 0.1) is 0 Å². The lowest BCUT2D eigenvalue weighted by molar-refractivity contribution is 1.02. The Balaban J connectivity index is 0.908. The standard InChI is InChI=1S/C61H41N3/c1-3-13-38(14-4-1)40-25-29-43(30-26-40)59-62-60(44-31-27-41(28-32-44)39-15-5-2-6-16-39)64-61(63-59)46-34-33-45(35-46)53-36-56-57-51(48-22-11-18-42-17-7-8-19-47(42)48)23-12-24-52(57)54-37-55(54)58(56)50-21-10-9-20-49(50)53/h1-34,36,54-55H,35,37H2.